The minimum absolute atomic E-state index is 0.0182. The molecular formula is C29H36N6O3. The van der Waals surface area contributed by atoms with Gasteiger partial charge in [-0.15, -0.1) is 0 Å². The highest BCUT2D eigenvalue weighted by molar-refractivity contribution is 5.75. The maximum atomic E-state index is 14.0. The Morgan fingerprint density at radius 3 is 2.45 bits per heavy atom. The molecule has 1 unspecified atom stereocenters. The highest BCUT2D eigenvalue weighted by Crippen LogP contribution is 2.48. The molecule has 38 heavy (non-hydrogen) atoms. The fourth-order valence-corrected chi connectivity index (χ4v) is 8.51. The molecule has 0 radical (unpaired) electrons. The number of nitrogens with zero attached hydrogens (tertiary/aromatic N) is 5. The van der Waals surface area contributed by atoms with E-state index < -0.39 is 11.2 Å². The third-order valence-electron chi connectivity index (χ3n) is 10.1. The van der Waals surface area contributed by atoms with Crippen LogP contribution < -0.4 is 16.8 Å². The Morgan fingerprint density at radius 2 is 1.66 bits per heavy atom. The van der Waals surface area contributed by atoms with Gasteiger partial charge in [0.05, 0.1) is 11.0 Å². The normalized spacial score (nSPS) is 33.3. The lowest BCUT2D eigenvalue weighted by Crippen LogP contribution is -2.61. The number of H-pyrrole nitrogens is 1. The molecule has 2 saturated heterocycles. The summed E-state index contributed by atoms with van der Waals surface area (Å²) in [6.07, 6.45) is 13.6. The van der Waals surface area contributed by atoms with Gasteiger partial charge in [0.25, 0.3) is 11.1 Å². The van der Waals surface area contributed by atoms with Crippen LogP contribution in [0.15, 0.2) is 44.8 Å². The Labute approximate surface area is 220 Å². The summed E-state index contributed by atoms with van der Waals surface area (Å²) in [5, 5.41) is 3.95. The molecule has 7 rings (SSSR count). The smallest absolute Gasteiger partial charge is 0.300 e. The van der Waals surface area contributed by atoms with Crippen molar-refractivity contribution in [2.24, 2.45) is 17.8 Å². The molecule has 4 aliphatic rings. The second kappa shape index (κ2) is 9.29. The lowest BCUT2D eigenvalue weighted by atomic mass is 9.67. The van der Waals surface area contributed by atoms with Crippen LogP contribution in [0.2, 0.25) is 0 Å². The molecule has 4 fully saturated rings. The van der Waals surface area contributed by atoms with Crippen molar-refractivity contribution < 1.29 is 0 Å². The molecule has 0 spiro atoms. The maximum absolute atomic E-state index is 14.0. The summed E-state index contributed by atoms with van der Waals surface area (Å²) in [6.45, 7) is 2.39. The minimum Gasteiger partial charge on any atom is -0.300 e. The molecule has 200 valence electrons. The molecule has 9 heteroatoms. The Balaban J connectivity index is 1.30. The minimum atomic E-state index is -0.757. The van der Waals surface area contributed by atoms with Gasteiger partial charge in [0.2, 0.25) is 5.82 Å². The lowest BCUT2D eigenvalue weighted by molar-refractivity contribution is -0.0693. The van der Waals surface area contributed by atoms with Gasteiger partial charge >= 0.3 is 5.69 Å². The SMILES string of the molecule is C[C@@H]1CC[C@H]2C[C@@H](n3c(=O)c(-n4ncc(=O)[nH]c4=O)nc4ccccc43)C[C@@H]1N2C1C[C@H]2CCC[C@@H](C1)C2. The van der Waals surface area contributed by atoms with E-state index in [1.807, 2.05) is 28.8 Å². The fourth-order valence-electron chi connectivity index (χ4n) is 8.51. The number of aromatic nitrogens is 5. The summed E-state index contributed by atoms with van der Waals surface area (Å²) >= 11 is 0. The van der Waals surface area contributed by atoms with Crippen LogP contribution in [0.25, 0.3) is 16.9 Å². The molecule has 1 N–H and O–H groups in total. The van der Waals surface area contributed by atoms with Crippen molar-refractivity contribution in [3.8, 4) is 5.82 Å². The first-order valence-corrected chi connectivity index (χ1v) is 14.4. The fraction of sp³-hybridized carbons (Fsp3) is 0.621. The number of hydrogen-bond donors (Lipinski definition) is 1. The van der Waals surface area contributed by atoms with Crippen LogP contribution in [0.4, 0.5) is 0 Å². The van der Waals surface area contributed by atoms with Crippen molar-refractivity contribution in [3.05, 3.63) is 61.7 Å². The Morgan fingerprint density at radius 1 is 0.868 bits per heavy atom. The molecule has 9 nitrogen and oxygen atoms in total. The van der Waals surface area contributed by atoms with E-state index in [0.29, 0.717) is 29.6 Å². The lowest BCUT2D eigenvalue weighted by Gasteiger charge is -2.57. The Hall–Kier alpha value is -3.07. The van der Waals surface area contributed by atoms with Crippen molar-refractivity contribution >= 4 is 11.0 Å². The highest BCUT2D eigenvalue weighted by Gasteiger charge is 2.47. The number of benzene rings is 1. The zero-order valence-electron chi connectivity index (χ0n) is 22.0. The summed E-state index contributed by atoms with van der Waals surface area (Å²) in [4.78, 5) is 47.9. The van der Waals surface area contributed by atoms with Crippen molar-refractivity contribution in [3.63, 3.8) is 0 Å². The molecule has 2 aliphatic carbocycles. The number of para-hydroxylation sites is 2. The second-order valence-corrected chi connectivity index (χ2v) is 12.3. The molecule has 2 aromatic heterocycles. The van der Waals surface area contributed by atoms with E-state index in [1.165, 1.54) is 51.4 Å². The van der Waals surface area contributed by atoms with Gasteiger partial charge in [0.15, 0.2) is 0 Å². The molecule has 3 aromatic rings. The number of hydrogen-bond acceptors (Lipinski definition) is 6. The van der Waals surface area contributed by atoms with Crippen molar-refractivity contribution in [2.75, 3.05) is 0 Å². The largest absolute Gasteiger partial charge is 0.351 e. The van der Waals surface area contributed by atoms with Crippen molar-refractivity contribution in [1.29, 1.82) is 0 Å². The molecule has 2 aliphatic heterocycles. The molecular weight excluding hydrogens is 480 g/mol. The number of piperidine rings is 2. The van der Waals surface area contributed by atoms with E-state index in [2.05, 4.69) is 26.9 Å². The predicted molar refractivity (Wildman–Crippen MR) is 145 cm³/mol. The Kier molecular flexibility index (Phi) is 5.87. The van der Waals surface area contributed by atoms with Gasteiger partial charge in [0, 0.05) is 24.2 Å². The van der Waals surface area contributed by atoms with E-state index in [1.54, 1.807) is 0 Å². The Bertz CT molecular complexity index is 1530. The quantitative estimate of drug-likeness (QED) is 0.572. The zero-order chi connectivity index (χ0) is 26.0. The van der Waals surface area contributed by atoms with E-state index in [-0.39, 0.29) is 17.4 Å². The van der Waals surface area contributed by atoms with Gasteiger partial charge in [-0.2, -0.15) is 9.78 Å². The van der Waals surface area contributed by atoms with Crippen LogP contribution >= 0.6 is 0 Å². The molecule has 2 saturated carbocycles. The molecule has 7 atom stereocenters. The number of fused-ring (bicyclic) bond motifs is 5. The first kappa shape index (κ1) is 24.0. The number of nitrogens with one attached hydrogen (secondary N) is 1. The topological polar surface area (TPSA) is 106 Å². The van der Waals surface area contributed by atoms with Crippen LogP contribution in [0, 0.1) is 17.8 Å². The molecule has 4 heterocycles. The van der Waals surface area contributed by atoms with Gasteiger partial charge in [-0.3, -0.25) is 19.5 Å². The van der Waals surface area contributed by atoms with Gasteiger partial charge < -0.3 is 4.57 Å². The number of rotatable bonds is 3. The van der Waals surface area contributed by atoms with Gasteiger partial charge in [-0.25, -0.2) is 9.78 Å². The van der Waals surface area contributed by atoms with E-state index in [9.17, 15) is 14.4 Å². The molecule has 0 amide bonds. The summed E-state index contributed by atoms with van der Waals surface area (Å²) in [5.74, 6) is 2.30. The van der Waals surface area contributed by atoms with Crippen LogP contribution in [0.1, 0.15) is 77.2 Å². The van der Waals surface area contributed by atoms with E-state index >= 15 is 0 Å². The van der Waals surface area contributed by atoms with Crippen molar-refractivity contribution in [2.45, 2.75) is 95.3 Å². The standard InChI is InChI=1S/C29H36N6O3/c1-17-9-10-20-14-22(15-25(17)33(20)21-12-18-5-4-6-19(11-18)13-21)34-24-8-3-2-7-23(24)31-27(28(34)37)35-29(38)32-26(36)16-30-35/h2-3,7-8,16-22,25H,4-6,9-15H2,1H3,(H,32,36,38)/t17-,18-,19+,20+,21?,22-,25+/m1/s1. The second-order valence-electron chi connectivity index (χ2n) is 12.3. The van der Waals surface area contributed by atoms with E-state index in [0.717, 1.165) is 41.1 Å². The van der Waals surface area contributed by atoms with Crippen LogP contribution in [-0.4, -0.2) is 47.3 Å². The third-order valence-corrected chi connectivity index (χ3v) is 10.1. The monoisotopic (exact) mass is 516 g/mol. The average molecular weight is 517 g/mol. The molecule has 1 aromatic carbocycles. The van der Waals surface area contributed by atoms with Gasteiger partial charge in [-0.05, 0) is 74.8 Å². The highest BCUT2D eigenvalue weighted by atomic mass is 16.2. The summed E-state index contributed by atoms with van der Waals surface area (Å²) in [7, 11) is 0. The first-order chi connectivity index (χ1) is 18.5. The summed E-state index contributed by atoms with van der Waals surface area (Å²) in [5.41, 5.74) is -0.264. The summed E-state index contributed by atoms with van der Waals surface area (Å²) in [6, 6.07) is 9.24. The van der Waals surface area contributed by atoms with Crippen LogP contribution in [-0.2, 0) is 0 Å². The van der Waals surface area contributed by atoms with Crippen molar-refractivity contribution in [1.82, 2.24) is 29.2 Å². The predicted octanol–water partition coefficient (Wildman–Crippen LogP) is 3.40. The van der Waals surface area contributed by atoms with Crippen LogP contribution in [0.3, 0.4) is 0 Å². The summed E-state index contributed by atoms with van der Waals surface area (Å²) < 4.78 is 2.80. The van der Waals surface area contributed by atoms with Gasteiger partial charge in [0.1, 0.15) is 6.20 Å². The molecule has 4 bridgehead atoms. The van der Waals surface area contributed by atoms with Gasteiger partial charge in [-0.1, -0.05) is 38.3 Å². The zero-order valence-corrected chi connectivity index (χ0v) is 22.0. The van der Waals surface area contributed by atoms with E-state index in [4.69, 9.17) is 0 Å². The van der Waals surface area contributed by atoms with Crippen LogP contribution in [0.5, 0.6) is 0 Å². The number of aromatic amines is 1. The third kappa shape index (κ3) is 3.97. The maximum Gasteiger partial charge on any atom is 0.351 e. The average Bonchev–Trinajstić information content (AvgIpc) is 2.90. The first-order valence-electron chi connectivity index (χ1n) is 14.4.